The summed E-state index contributed by atoms with van der Waals surface area (Å²) in [6, 6.07) is 9.77. The van der Waals surface area contributed by atoms with E-state index in [0.717, 1.165) is 28.2 Å². The highest BCUT2D eigenvalue weighted by Gasteiger charge is 2.23. The Bertz CT molecular complexity index is 800. The second kappa shape index (κ2) is 9.73. The van der Waals surface area contributed by atoms with E-state index in [1.54, 1.807) is 0 Å². The zero-order chi connectivity index (χ0) is 20.8. The Balaban J connectivity index is 2.38. The van der Waals surface area contributed by atoms with Crippen molar-refractivity contribution < 1.29 is 9.59 Å². The monoisotopic (exact) mass is 401 g/mol. The maximum absolute atomic E-state index is 13.1. The van der Waals surface area contributed by atoms with Gasteiger partial charge in [-0.1, -0.05) is 26.8 Å². The number of nitrogens with zero attached hydrogens (tertiary/aromatic N) is 2. The molecule has 5 nitrogen and oxygen atoms in total. The van der Waals surface area contributed by atoms with Crippen molar-refractivity contribution in [3.8, 4) is 0 Å². The minimum atomic E-state index is -0.0889. The van der Waals surface area contributed by atoms with Crippen LogP contribution in [0.2, 0.25) is 0 Å². The van der Waals surface area contributed by atoms with Gasteiger partial charge in [0.1, 0.15) is 0 Å². The summed E-state index contributed by atoms with van der Waals surface area (Å²) in [5.74, 6) is -0.0586. The van der Waals surface area contributed by atoms with Gasteiger partial charge in [-0.3, -0.25) is 9.59 Å². The zero-order valence-electron chi connectivity index (χ0n) is 17.7. The number of hydrogen-bond donors (Lipinski definition) is 1. The van der Waals surface area contributed by atoms with Gasteiger partial charge in [0.2, 0.25) is 5.91 Å². The Morgan fingerprint density at radius 1 is 1.14 bits per heavy atom. The molecule has 0 aliphatic heterocycles. The minimum absolute atomic E-state index is 0.0167. The van der Waals surface area contributed by atoms with Crippen LogP contribution in [0, 0.1) is 5.92 Å². The fourth-order valence-electron chi connectivity index (χ4n) is 2.89. The third-order valence-electron chi connectivity index (χ3n) is 4.81. The van der Waals surface area contributed by atoms with Crippen molar-refractivity contribution in [3.63, 3.8) is 0 Å². The molecule has 6 heteroatoms. The highest BCUT2D eigenvalue weighted by molar-refractivity contribution is 7.12. The molecular weight excluding hydrogens is 370 g/mol. The molecule has 1 atom stereocenters. The van der Waals surface area contributed by atoms with Crippen LogP contribution in [-0.4, -0.2) is 36.9 Å². The molecule has 0 saturated heterocycles. The lowest BCUT2D eigenvalue weighted by molar-refractivity contribution is -0.118. The van der Waals surface area contributed by atoms with Crippen molar-refractivity contribution in [1.29, 1.82) is 0 Å². The number of benzene rings is 1. The number of hydrogen-bond acceptors (Lipinski definition) is 4. The van der Waals surface area contributed by atoms with Crippen LogP contribution in [0.25, 0.3) is 0 Å². The summed E-state index contributed by atoms with van der Waals surface area (Å²) < 4.78 is 0. The van der Waals surface area contributed by atoms with Crippen LogP contribution < -0.4 is 10.2 Å². The standard InChI is InChI=1S/C22H31N3O2S/c1-7-16(4)25(22(27)20-9-8-12-28-20)14-17-13-18(23-21(26)15(2)3)10-11-19(17)24(5)6/h8-13,15-16H,7,14H2,1-6H3,(H,23,26). The summed E-state index contributed by atoms with van der Waals surface area (Å²) >= 11 is 1.46. The van der Waals surface area contributed by atoms with E-state index in [1.165, 1.54) is 11.3 Å². The Hall–Kier alpha value is -2.34. The first-order valence-corrected chi connectivity index (χ1v) is 10.6. The Morgan fingerprint density at radius 3 is 2.39 bits per heavy atom. The molecule has 0 fully saturated rings. The van der Waals surface area contributed by atoms with E-state index >= 15 is 0 Å². The predicted molar refractivity (Wildman–Crippen MR) is 118 cm³/mol. The predicted octanol–water partition coefficient (Wildman–Crippen LogP) is 4.85. The number of amides is 2. The molecule has 1 heterocycles. The fourth-order valence-corrected chi connectivity index (χ4v) is 3.57. The second-order valence-electron chi connectivity index (χ2n) is 7.55. The van der Waals surface area contributed by atoms with E-state index in [4.69, 9.17) is 0 Å². The molecular formula is C22H31N3O2S. The molecule has 0 bridgehead atoms. The summed E-state index contributed by atoms with van der Waals surface area (Å²) in [6.45, 7) is 8.39. The summed E-state index contributed by atoms with van der Waals surface area (Å²) in [7, 11) is 3.97. The van der Waals surface area contributed by atoms with E-state index < -0.39 is 0 Å². The van der Waals surface area contributed by atoms with E-state index in [0.29, 0.717) is 6.54 Å². The molecule has 0 aliphatic carbocycles. The maximum atomic E-state index is 13.1. The highest BCUT2D eigenvalue weighted by Crippen LogP contribution is 2.27. The van der Waals surface area contributed by atoms with Gasteiger partial charge in [-0.2, -0.15) is 0 Å². The average molecular weight is 402 g/mol. The number of thiophene rings is 1. The number of carbonyl (C=O) groups is 2. The number of rotatable bonds is 8. The van der Waals surface area contributed by atoms with Crippen LogP contribution in [0.4, 0.5) is 11.4 Å². The molecule has 0 aliphatic rings. The van der Waals surface area contributed by atoms with Gasteiger partial charge in [0.25, 0.3) is 5.91 Å². The van der Waals surface area contributed by atoms with Gasteiger partial charge in [0.05, 0.1) is 4.88 Å². The second-order valence-corrected chi connectivity index (χ2v) is 8.50. The third kappa shape index (κ3) is 5.35. The van der Waals surface area contributed by atoms with Crippen LogP contribution in [0.1, 0.15) is 49.4 Å². The lowest BCUT2D eigenvalue weighted by Gasteiger charge is -2.30. The van der Waals surface area contributed by atoms with Crippen LogP contribution in [0.15, 0.2) is 35.7 Å². The Morgan fingerprint density at radius 2 is 1.86 bits per heavy atom. The van der Waals surface area contributed by atoms with Gasteiger partial charge in [-0.25, -0.2) is 0 Å². The van der Waals surface area contributed by atoms with Gasteiger partial charge in [0.15, 0.2) is 0 Å². The summed E-state index contributed by atoms with van der Waals surface area (Å²) in [6.07, 6.45) is 0.873. The lowest BCUT2D eigenvalue weighted by atomic mass is 10.1. The first-order chi connectivity index (χ1) is 13.2. The van der Waals surface area contributed by atoms with E-state index in [-0.39, 0.29) is 23.8 Å². The fraction of sp³-hybridized carbons (Fsp3) is 0.455. The number of carbonyl (C=O) groups excluding carboxylic acids is 2. The molecule has 1 unspecified atom stereocenters. The Kier molecular flexibility index (Phi) is 7.63. The quantitative estimate of drug-likeness (QED) is 0.688. The molecule has 1 aromatic heterocycles. The average Bonchev–Trinajstić information content (AvgIpc) is 3.19. The molecule has 2 amide bonds. The first kappa shape index (κ1) is 22.0. The largest absolute Gasteiger partial charge is 0.377 e. The van der Waals surface area contributed by atoms with Gasteiger partial charge < -0.3 is 15.1 Å². The molecule has 0 saturated carbocycles. The summed E-state index contributed by atoms with van der Waals surface area (Å²) in [4.78, 5) is 29.9. The topological polar surface area (TPSA) is 52.7 Å². The van der Waals surface area contributed by atoms with Crippen LogP contribution >= 0.6 is 11.3 Å². The van der Waals surface area contributed by atoms with Crippen molar-refractivity contribution in [2.24, 2.45) is 5.92 Å². The highest BCUT2D eigenvalue weighted by atomic mass is 32.1. The Labute approximate surface area is 172 Å². The van der Waals surface area contributed by atoms with Crippen molar-refractivity contribution in [1.82, 2.24) is 4.90 Å². The normalized spacial score (nSPS) is 12.0. The van der Waals surface area contributed by atoms with E-state index in [2.05, 4.69) is 19.2 Å². The molecule has 0 radical (unpaired) electrons. The molecule has 1 aromatic carbocycles. The summed E-state index contributed by atoms with van der Waals surface area (Å²) in [5.41, 5.74) is 2.80. The van der Waals surface area contributed by atoms with Crippen LogP contribution in [-0.2, 0) is 11.3 Å². The van der Waals surface area contributed by atoms with Gasteiger partial charge in [-0.05, 0) is 48.6 Å². The SMILES string of the molecule is CCC(C)N(Cc1cc(NC(=O)C(C)C)ccc1N(C)C)C(=O)c1cccs1. The number of nitrogens with one attached hydrogen (secondary N) is 1. The molecule has 28 heavy (non-hydrogen) atoms. The van der Waals surface area contributed by atoms with Crippen LogP contribution in [0.5, 0.6) is 0 Å². The zero-order valence-corrected chi connectivity index (χ0v) is 18.5. The molecule has 2 aromatic rings. The van der Waals surface area contributed by atoms with Gasteiger partial charge >= 0.3 is 0 Å². The molecule has 1 N–H and O–H groups in total. The molecule has 152 valence electrons. The van der Waals surface area contributed by atoms with Crippen molar-refractivity contribution in [2.75, 3.05) is 24.3 Å². The maximum Gasteiger partial charge on any atom is 0.264 e. The van der Waals surface area contributed by atoms with Crippen molar-refractivity contribution in [2.45, 2.75) is 46.7 Å². The minimum Gasteiger partial charge on any atom is -0.377 e. The molecule has 0 spiro atoms. The van der Waals surface area contributed by atoms with Gasteiger partial charge in [-0.15, -0.1) is 11.3 Å². The number of anilines is 2. The third-order valence-corrected chi connectivity index (χ3v) is 5.67. The van der Waals surface area contributed by atoms with E-state index in [1.807, 2.05) is 73.5 Å². The smallest absolute Gasteiger partial charge is 0.264 e. The first-order valence-electron chi connectivity index (χ1n) is 9.70. The van der Waals surface area contributed by atoms with Crippen molar-refractivity contribution >= 4 is 34.5 Å². The van der Waals surface area contributed by atoms with Crippen molar-refractivity contribution in [3.05, 3.63) is 46.2 Å². The van der Waals surface area contributed by atoms with E-state index in [9.17, 15) is 9.59 Å². The lowest BCUT2D eigenvalue weighted by Crippen LogP contribution is -2.37. The molecule has 2 rings (SSSR count). The summed E-state index contributed by atoms with van der Waals surface area (Å²) in [5, 5.41) is 4.89. The van der Waals surface area contributed by atoms with Crippen LogP contribution in [0.3, 0.4) is 0 Å². The van der Waals surface area contributed by atoms with Gasteiger partial charge in [0, 0.05) is 44.0 Å².